The molecule has 1 atom stereocenters. The minimum atomic E-state index is -0.323. The smallest absolute Gasteiger partial charge is 0.282 e. The number of benzene rings is 4. The van der Waals surface area contributed by atoms with Crippen LogP contribution in [0.2, 0.25) is 0 Å². The second kappa shape index (κ2) is 10.6. The summed E-state index contributed by atoms with van der Waals surface area (Å²) in [7, 11) is 0. The molecule has 1 heterocycles. The highest BCUT2D eigenvalue weighted by Gasteiger charge is 2.16. The van der Waals surface area contributed by atoms with Gasteiger partial charge < -0.3 is 4.74 Å². The highest BCUT2D eigenvalue weighted by atomic mass is 79.9. The Morgan fingerprint density at radius 3 is 2.65 bits per heavy atom. The molecule has 4 aromatic carbocycles. The van der Waals surface area contributed by atoms with Gasteiger partial charge in [-0.3, -0.25) is 4.79 Å². The van der Waals surface area contributed by atoms with Crippen LogP contribution in [0.1, 0.15) is 43.1 Å². The zero-order valence-electron chi connectivity index (χ0n) is 20.5. The first-order chi connectivity index (χ1) is 18.0. The molecule has 5 rings (SSSR count). The number of hydrogen-bond acceptors (Lipinski definition) is 4. The highest BCUT2D eigenvalue weighted by molar-refractivity contribution is 9.10. The highest BCUT2D eigenvalue weighted by Crippen LogP contribution is 2.28. The summed E-state index contributed by atoms with van der Waals surface area (Å²) in [6, 6.07) is 23.7. The molecule has 37 heavy (non-hydrogen) atoms. The van der Waals surface area contributed by atoms with E-state index in [0.29, 0.717) is 33.6 Å². The molecule has 5 nitrogen and oxygen atoms in total. The van der Waals surface area contributed by atoms with Crippen LogP contribution in [-0.2, 0) is 6.61 Å². The van der Waals surface area contributed by atoms with E-state index < -0.39 is 0 Å². The largest absolute Gasteiger partial charge is 0.488 e. The van der Waals surface area contributed by atoms with Gasteiger partial charge in [0.1, 0.15) is 24.0 Å². The van der Waals surface area contributed by atoms with Crippen molar-refractivity contribution in [3.8, 4) is 5.75 Å². The van der Waals surface area contributed by atoms with E-state index in [4.69, 9.17) is 9.72 Å². The lowest BCUT2D eigenvalue weighted by atomic mass is 10.0. The molecule has 7 heteroatoms. The molecule has 0 N–H and O–H groups in total. The van der Waals surface area contributed by atoms with E-state index in [0.717, 1.165) is 21.7 Å². The van der Waals surface area contributed by atoms with E-state index in [1.807, 2.05) is 55.5 Å². The molecule has 186 valence electrons. The minimum absolute atomic E-state index is 0.0159. The first kappa shape index (κ1) is 24.8. The number of ether oxygens (including phenoxy) is 1. The Kier molecular flexibility index (Phi) is 7.15. The van der Waals surface area contributed by atoms with Crippen molar-refractivity contribution in [2.75, 3.05) is 0 Å². The van der Waals surface area contributed by atoms with Crippen LogP contribution in [0.3, 0.4) is 0 Å². The second-order valence-electron chi connectivity index (χ2n) is 8.88. The lowest BCUT2D eigenvalue weighted by Gasteiger charge is -2.15. The van der Waals surface area contributed by atoms with E-state index in [2.05, 4.69) is 28.0 Å². The van der Waals surface area contributed by atoms with E-state index in [1.165, 1.54) is 10.7 Å². The Morgan fingerprint density at radius 1 is 1.05 bits per heavy atom. The first-order valence-corrected chi connectivity index (χ1v) is 12.9. The molecular formula is C30H25BrFN3O2. The fourth-order valence-corrected chi connectivity index (χ4v) is 4.56. The summed E-state index contributed by atoms with van der Waals surface area (Å²) in [4.78, 5) is 18.3. The van der Waals surface area contributed by atoms with E-state index in [-0.39, 0.29) is 23.9 Å². The van der Waals surface area contributed by atoms with Gasteiger partial charge in [0.15, 0.2) is 0 Å². The number of halogens is 2. The van der Waals surface area contributed by atoms with Crippen LogP contribution in [0.15, 0.2) is 93.2 Å². The van der Waals surface area contributed by atoms with Crippen LogP contribution in [-0.4, -0.2) is 15.9 Å². The SMILES string of the molecule is CC[C@@H](C)c1nc2ccc(Br)cc2c(=O)n1N=Cc1c(OCc2ccccc2F)ccc2ccccc12. The van der Waals surface area contributed by atoms with Crippen LogP contribution in [0.4, 0.5) is 4.39 Å². The van der Waals surface area contributed by atoms with Gasteiger partial charge in [-0.25, -0.2) is 9.37 Å². The van der Waals surface area contributed by atoms with Gasteiger partial charge in [0.2, 0.25) is 0 Å². The first-order valence-electron chi connectivity index (χ1n) is 12.1. The van der Waals surface area contributed by atoms with Crippen molar-refractivity contribution in [3.05, 3.63) is 116 Å². The van der Waals surface area contributed by atoms with Crippen molar-refractivity contribution >= 4 is 43.8 Å². The van der Waals surface area contributed by atoms with Gasteiger partial charge in [-0.15, -0.1) is 0 Å². The third-order valence-corrected chi connectivity index (χ3v) is 6.95. The van der Waals surface area contributed by atoms with Crippen LogP contribution in [0, 0.1) is 5.82 Å². The molecule has 0 aliphatic carbocycles. The van der Waals surface area contributed by atoms with Crippen molar-refractivity contribution in [2.45, 2.75) is 32.8 Å². The zero-order chi connectivity index (χ0) is 25.9. The average molecular weight is 558 g/mol. The van der Waals surface area contributed by atoms with Gasteiger partial charge >= 0.3 is 0 Å². The van der Waals surface area contributed by atoms with Crippen LogP contribution in [0.5, 0.6) is 5.75 Å². The van der Waals surface area contributed by atoms with Gasteiger partial charge in [0, 0.05) is 21.5 Å². The quantitative estimate of drug-likeness (QED) is 0.195. The minimum Gasteiger partial charge on any atom is -0.488 e. The molecule has 0 aliphatic rings. The predicted octanol–water partition coefficient (Wildman–Crippen LogP) is 7.43. The summed E-state index contributed by atoms with van der Waals surface area (Å²) in [5, 5.41) is 7.04. The maximum absolute atomic E-state index is 14.2. The van der Waals surface area contributed by atoms with Gasteiger partial charge in [-0.2, -0.15) is 9.78 Å². The van der Waals surface area contributed by atoms with Crippen molar-refractivity contribution in [3.63, 3.8) is 0 Å². The molecular weight excluding hydrogens is 533 g/mol. The summed E-state index contributed by atoms with van der Waals surface area (Å²) in [5.74, 6) is 0.826. The number of aromatic nitrogens is 2. The number of hydrogen-bond donors (Lipinski definition) is 0. The number of fused-ring (bicyclic) bond motifs is 2. The van der Waals surface area contributed by atoms with Gasteiger partial charge in [-0.05, 0) is 47.5 Å². The second-order valence-corrected chi connectivity index (χ2v) is 9.80. The summed E-state index contributed by atoms with van der Waals surface area (Å²) in [6.45, 7) is 4.14. The topological polar surface area (TPSA) is 56.5 Å². The lowest BCUT2D eigenvalue weighted by Crippen LogP contribution is -2.23. The summed E-state index contributed by atoms with van der Waals surface area (Å²) in [6.07, 6.45) is 2.44. The molecule has 0 spiro atoms. The Bertz CT molecular complexity index is 1700. The van der Waals surface area contributed by atoms with Crippen LogP contribution >= 0.6 is 15.9 Å². The fourth-order valence-electron chi connectivity index (χ4n) is 4.20. The molecule has 1 aromatic heterocycles. The zero-order valence-corrected chi connectivity index (χ0v) is 22.1. The maximum atomic E-state index is 14.2. The molecule has 0 unspecified atom stereocenters. The molecule has 5 aromatic rings. The fraction of sp³-hybridized carbons (Fsp3) is 0.167. The molecule has 0 saturated heterocycles. The normalized spacial score (nSPS) is 12.4. The third-order valence-electron chi connectivity index (χ3n) is 6.46. The molecule has 0 bridgehead atoms. The van der Waals surface area contributed by atoms with Crippen molar-refractivity contribution in [1.29, 1.82) is 0 Å². The molecule has 0 amide bonds. The van der Waals surface area contributed by atoms with Crippen molar-refractivity contribution in [2.24, 2.45) is 5.10 Å². The molecule has 0 fully saturated rings. The number of nitrogens with zero attached hydrogens (tertiary/aromatic N) is 3. The van der Waals surface area contributed by atoms with E-state index in [1.54, 1.807) is 30.5 Å². The van der Waals surface area contributed by atoms with Gasteiger partial charge in [0.05, 0.1) is 17.1 Å². The standard InChI is InChI=1S/C30H25BrFN3O2/c1-3-19(2)29-34-27-14-13-22(31)16-24(27)30(36)35(29)33-17-25-23-10-6-4-8-20(23)12-15-28(25)37-18-21-9-5-7-11-26(21)32/h4-17,19H,3,18H2,1-2H3/t19-/m1/s1. The monoisotopic (exact) mass is 557 g/mol. The number of rotatable bonds is 7. The Labute approximate surface area is 222 Å². The summed E-state index contributed by atoms with van der Waals surface area (Å²) < 4.78 is 22.5. The van der Waals surface area contributed by atoms with E-state index >= 15 is 0 Å². The molecule has 0 aliphatic heterocycles. The van der Waals surface area contributed by atoms with Crippen LogP contribution in [0.25, 0.3) is 21.7 Å². The van der Waals surface area contributed by atoms with Crippen molar-refractivity contribution in [1.82, 2.24) is 9.66 Å². The molecule has 0 radical (unpaired) electrons. The average Bonchev–Trinajstić information content (AvgIpc) is 2.92. The van der Waals surface area contributed by atoms with Gasteiger partial charge in [0.25, 0.3) is 5.56 Å². The Morgan fingerprint density at radius 2 is 1.84 bits per heavy atom. The van der Waals surface area contributed by atoms with Gasteiger partial charge in [-0.1, -0.05) is 78.3 Å². The third kappa shape index (κ3) is 5.04. The maximum Gasteiger partial charge on any atom is 0.282 e. The Balaban J connectivity index is 1.64. The van der Waals surface area contributed by atoms with Crippen molar-refractivity contribution < 1.29 is 9.13 Å². The summed E-state index contributed by atoms with van der Waals surface area (Å²) >= 11 is 3.45. The summed E-state index contributed by atoms with van der Waals surface area (Å²) in [5.41, 5.74) is 1.55. The molecule has 0 saturated carbocycles. The predicted molar refractivity (Wildman–Crippen MR) is 150 cm³/mol. The Hall–Kier alpha value is -3.84. The lowest BCUT2D eigenvalue weighted by molar-refractivity contribution is 0.300. The van der Waals surface area contributed by atoms with E-state index in [9.17, 15) is 9.18 Å². The van der Waals surface area contributed by atoms with Crippen LogP contribution < -0.4 is 10.3 Å².